The molecule has 18 heavy (non-hydrogen) atoms. The van der Waals surface area contributed by atoms with Crippen molar-refractivity contribution < 1.29 is 13.4 Å². The monoisotopic (exact) mass is 270 g/mol. The largest absolute Gasteiger partial charge is 0.399 e. The number of nitrogens with two attached hydrogens (primary N) is 1. The van der Waals surface area contributed by atoms with Crippen LogP contribution in [0.4, 0.5) is 10.1 Å². The molecule has 2 rings (SSSR count). The van der Waals surface area contributed by atoms with E-state index in [9.17, 15) is 13.4 Å². The van der Waals surface area contributed by atoms with E-state index in [1.54, 1.807) is 0 Å². The van der Waals surface area contributed by atoms with Crippen molar-refractivity contribution in [3.63, 3.8) is 0 Å². The van der Waals surface area contributed by atoms with Crippen LogP contribution in [0.25, 0.3) is 0 Å². The third kappa shape index (κ3) is 3.07. The highest BCUT2D eigenvalue weighted by Gasteiger charge is 2.21. The molecule has 1 heterocycles. The normalized spacial score (nSPS) is 23.6. The topological polar surface area (TPSA) is 72.2 Å². The molecule has 1 amide bonds. The van der Waals surface area contributed by atoms with Gasteiger partial charge in [0.1, 0.15) is 5.82 Å². The number of carbonyl (C=O) groups excluding carboxylic acids is 1. The maximum Gasteiger partial charge on any atom is 0.254 e. The first kappa shape index (κ1) is 13.0. The van der Waals surface area contributed by atoms with Crippen LogP contribution in [0.1, 0.15) is 23.2 Å². The Balaban J connectivity index is 2.01. The highest BCUT2D eigenvalue weighted by molar-refractivity contribution is 7.85. The summed E-state index contributed by atoms with van der Waals surface area (Å²) >= 11 is 0. The van der Waals surface area contributed by atoms with E-state index in [1.807, 2.05) is 0 Å². The molecule has 0 spiro atoms. The number of carbonyl (C=O) groups is 1. The van der Waals surface area contributed by atoms with Gasteiger partial charge in [0.25, 0.3) is 5.91 Å². The molecule has 0 aromatic heterocycles. The first-order chi connectivity index (χ1) is 8.56. The van der Waals surface area contributed by atoms with Gasteiger partial charge in [0.15, 0.2) is 0 Å². The van der Waals surface area contributed by atoms with E-state index in [0.29, 0.717) is 24.3 Å². The summed E-state index contributed by atoms with van der Waals surface area (Å²) in [5.41, 5.74) is 5.71. The summed E-state index contributed by atoms with van der Waals surface area (Å²) in [5.74, 6) is 0.127. The van der Waals surface area contributed by atoms with Crippen LogP contribution in [-0.4, -0.2) is 27.7 Å². The maximum absolute atomic E-state index is 13.5. The Morgan fingerprint density at radius 2 is 2.06 bits per heavy atom. The van der Waals surface area contributed by atoms with Crippen molar-refractivity contribution in [3.8, 4) is 0 Å². The SMILES string of the molecule is Nc1ccc(C(=O)NC2CCS(=O)CC2)c(F)c1. The first-order valence-electron chi connectivity index (χ1n) is 5.77. The van der Waals surface area contributed by atoms with Crippen molar-refractivity contribution >= 4 is 22.4 Å². The minimum atomic E-state index is -0.770. The van der Waals surface area contributed by atoms with Gasteiger partial charge in [-0.3, -0.25) is 9.00 Å². The quantitative estimate of drug-likeness (QED) is 0.789. The minimum Gasteiger partial charge on any atom is -0.399 e. The molecule has 1 aromatic carbocycles. The smallest absolute Gasteiger partial charge is 0.254 e. The molecule has 1 aromatic rings. The Hall–Kier alpha value is -1.43. The minimum absolute atomic E-state index is 0.00380. The van der Waals surface area contributed by atoms with E-state index in [0.717, 1.165) is 6.07 Å². The molecule has 0 unspecified atom stereocenters. The molecule has 1 fully saturated rings. The summed E-state index contributed by atoms with van der Waals surface area (Å²) in [4.78, 5) is 11.9. The molecule has 0 bridgehead atoms. The Bertz CT molecular complexity index is 483. The number of rotatable bonds is 2. The predicted octanol–water partition coefficient (Wildman–Crippen LogP) is 1.05. The second kappa shape index (κ2) is 5.48. The fraction of sp³-hybridized carbons (Fsp3) is 0.417. The third-order valence-corrected chi connectivity index (χ3v) is 4.34. The van der Waals surface area contributed by atoms with Crippen LogP contribution in [0.5, 0.6) is 0 Å². The average Bonchev–Trinajstić information content (AvgIpc) is 2.32. The number of amides is 1. The summed E-state index contributed by atoms with van der Waals surface area (Å²) in [6, 6.07) is 3.98. The molecule has 4 nitrogen and oxygen atoms in total. The van der Waals surface area contributed by atoms with Gasteiger partial charge in [-0.1, -0.05) is 0 Å². The van der Waals surface area contributed by atoms with Gasteiger partial charge in [-0.15, -0.1) is 0 Å². The number of nitrogens with one attached hydrogen (secondary N) is 1. The van der Waals surface area contributed by atoms with Crippen molar-refractivity contribution in [2.45, 2.75) is 18.9 Å². The van der Waals surface area contributed by atoms with Crippen LogP contribution >= 0.6 is 0 Å². The molecular weight excluding hydrogens is 255 g/mol. The van der Waals surface area contributed by atoms with E-state index < -0.39 is 22.5 Å². The van der Waals surface area contributed by atoms with Crippen LogP contribution in [0.2, 0.25) is 0 Å². The van der Waals surface area contributed by atoms with Crippen molar-refractivity contribution in [1.29, 1.82) is 0 Å². The molecule has 0 aliphatic carbocycles. The average molecular weight is 270 g/mol. The highest BCUT2D eigenvalue weighted by atomic mass is 32.2. The van der Waals surface area contributed by atoms with Crippen molar-refractivity contribution in [2.24, 2.45) is 0 Å². The highest BCUT2D eigenvalue weighted by Crippen LogP contribution is 2.14. The zero-order chi connectivity index (χ0) is 13.1. The Morgan fingerprint density at radius 1 is 1.39 bits per heavy atom. The number of hydrogen-bond donors (Lipinski definition) is 2. The molecular formula is C12H15FN2O2S. The van der Waals surface area contributed by atoms with E-state index in [-0.39, 0.29) is 17.3 Å². The fourth-order valence-electron chi connectivity index (χ4n) is 1.92. The van der Waals surface area contributed by atoms with Gasteiger partial charge in [0.05, 0.1) is 5.56 Å². The number of benzene rings is 1. The van der Waals surface area contributed by atoms with Gasteiger partial charge in [-0.05, 0) is 31.0 Å². The lowest BCUT2D eigenvalue weighted by Crippen LogP contribution is -2.39. The van der Waals surface area contributed by atoms with Gasteiger partial charge in [-0.2, -0.15) is 0 Å². The Kier molecular flexibility index (Phi) is 3.96. The van der Waals surface area contributed by atoms with Gasteiger partial charge in [0, 0.05) is 34.0 Å². The Morgan fingerprint density at radius 3 is 2.67 bits per heavy atom. The molecule has 0 saturated carbocycles. The molecule has 0 radical (unpaired) electrons. The van der Waals surface area contributed by atoms with Crippen molar-refractivity contribution in [1.82, 2.24) is 5.32 Å². The summed E-state index contributed by atoms with van der Waals surface area (Å²) < 4.78 is 24.7. The molecule has 6 heteroatoms. The molecule has 0 atom stereocenters. The summed E-state index contributed by atoms with van der Waals surface area (Å²) in [6.45, 7) is 0. The van der Waals surface area contributed by atoms with Crippen LogP contribution in [0.15, 0.2) is 18.2 Å². The maximum atomic E-state index is 13.5. The van der Waals surface area contributed by atoms with Crippen LogP contribution < -0.4 is 11.1 Å². The standard InChI is InChI=1S/C12H15FN2O2S/c13-11-7-8(14)1-2-10(11)12(16)15-9-3-5-18(17)6-4-9/h1-2,7,9H,3-6,14H2,(H,15,16). The number of hydrogen-bond acceptors (Lipinski definition) is 3. The fourth-order valence-corrected chi connectivity index (χ4v) is 3.22. The zero-order valence-corrected chi connectivity index (χ0v) is 10.6. The van der Waals surface area contributed by atoms with Gasteiger partial charge in [-0.25, -0.2) is 4.39 Å². The van der Waals surface area contributed by atoms with E-state index in [2.05, 4.69) is 5.32 Å². The lowest BCUT2D eigenvalue weighted by atomic mass is 10.1. The van der Waals surface area contributed by atoms with Crippen LogP contribution in [0, 0.1) is 5.82 Å². The van der Waals surface area contributed by atoms with E-state index in [1.165, 1.54) is 12.1 Å². The second-order valence-corrected chi connectivity index (χ2v) is 6.03. The van der Waals surface area contributed by atoms with Crippen molar-refractivity contribution in [2.75, 3.05) is 17.2 Å². The molecule has 3 N–H and O–H groups in total. The lowest BCUT2D eigenvalue weighted by Gasteiger charge is -2.22. The van der Waals surface area contributed by atoms with E-state index >= 15 is 0 Å². The molecule has 1 aliphatic heterocycles. The molecule has 1 saturated heterocycles. The Labute approximate surface area is 107 Å². The number of anilines is 1. The lowest BCUT2D eigenvalue weighted by molar-refractivity contribution is 0.0930. The second-order valence-electron chi connectivity index (χ2n) is 4.34. The van der Waals surface area contributed by atoms with Gasteiger partial charge < -0.3 is 11.1 Å². The molecule has 98 valence electrons. The van der Waals surface area contributed by atoms with Gasteiger partial charge in [0.2, 0.25) is 0 Å². The first-order valence-corrected chi connectivity index (χ1v) is 7.26. The van der Waals surface area contributed by atoms with Crippen molar-refractivity contribution in [3.05, 3.63) is 29.6 Å². The van der Waals surface area contributed by atoms with E-state index in [4.69, 9.17) is 5.73 Å². The summed E-state index contributed by atoms with van der Waals surface area (Å²) in [6.07, 6.45) is 1.35. The summed E-state index contributed by atoms with van der Waals surface area (Å²) in [5, 5.41) is 2.76. The van der Waals surface area contributed by atoms with Crippen LogP contribution in [-0.2, 0) is 10.8 Å². The zero-order valence-electron chi connectivity index (χ0n) is 9.82. The third-order valence-electron chi connectivity index (χ3n) is 2.96. The molecule has 1 aliphatic rings. The van der Waals surface area contributed by atoms with Crippen LogP contribution in [0.3, 0.4) is 0 Å². The predicted molar refractivity (Wildman–Crippen MR) is 69.2 cm³/mol. The van der Waals surface area contributed by atoms with Gasteiger partial charge >= 0.3 is 0 Å². The number of nitrogen functional groups attached to an aromatic ring is 1. The number of halogens is 1. The summed E-state index contributed by atoms with van der Waals surface area (Å²) in [7, 11) is -0.770.